The molecule has 2 heterocycles. The van der Waals surface area contributed by atoms with Crippen LogP contribution in [0.15, 0.2) is 12.4 Å². The Labute approximate surface area is 107 Å². The Balaban J connectivity index is 2.33. The summed E-state index contributed by atoms with van der Waals surface area (Å²) in [5.74, 6) is 6.53. The van der Waals surface area contributed by atoms with Crippen LogP contribution in [0.2, 0.25) is 0 Å². The number of nitrogens with zero attached hydrogens (tertiary/aromatic N) is 2. The number of nitrogens with one attached hydrogen (secondary N) is 1. The molecule has 1 aromatic heterocycles. The lowest BCUT2D eigenvalue weighted by Crippen LogP contribution is -2.44. The zero-order chi connectivity index (χ0) is 13.2. The van der Waals surface area contributed by atoms with Gasteiger partial charge in [0.25, 0.3) is 0 Å². The third kappa shape index (κ3) is 2.43. The van der Waals surface area contributed by atoms with E-state index in [-0.39, 0.29) is 5.75 Å². The summed E-state index contributed by atoms with van der Waals surface area (Å²) in [6.07, 6.45) is 5.84. The van der Waals surface area contributed by atoms with Crippen molar-refractivity contribution in [3.8, 4) is 0 Å². The summed E-state index contributed by atoms with van der Waals surface area (Å²) in [4.78, 5) is 4.25. The summed E-state index contributed by atoms with van der Waals surface area (Å²) >= 11 is 0. The molecule has 7 heteroatoms. The van der Waals surface area contributed by atoms with Crippen LogP contribution in [0.5, 0.6) is 0 Å². The highest BCUT2D eigenvalue weighted by molar-refractivity contribution is 7.92. The molecule has 1 fully saturated rings. The second-order valence-electron chi connectivity index (χ2n) is 4.62. The average Bonchev–Trinajstić information content (AvgIpc) is 2.80. The van der Waals surface area contributed by atoms with Crippen molar-refractivity contribution in [3.63, 3.8) is 0 Å². The molecule has 0 spiro atoms. The van der Waals surface area contributed by atoms with E-state index >= 15 is 0 Å². The Bertz CT molecular complexity index is 497. The van der Waals surface area contributed by atoms with Gasteiger partial charge in [-0.3, -0.25) is 5.84 Å². The second-order valence-corrected chi connectivity index (χ2v) is 6.96. The van der Waals surface area contributed by atoms with Gasteiger partial charge in [-0.05, 0) is 19.8 Å². The minimum Gasteiger partial charge on any atom is -0.334 e. The van der Waals surface area contributed by atoms with Crippen LogP contribution in [0.3, 0.4) is 0 Å². The fraction of sp³-hybridized carbons (Fsp3) is 0.727. The molecule has 0 aliphatic carbocycles. The third-order valence-corrected chi connectivity index (χ3v) is 5.83. The molecule has 3 N–H and O–H groups in total. The van der Waals surface area contributed by atoms with Gasteiger partial charge in [0.2, 0.25) is 0 Å². The number of hydrogen-bond donors (Lipinski definition) is 2. The van der Waals surface area contributed by atoms with Crippen LogP contribution < -0.4 is 11.3 Å². The fourth-order valence-corrected chi connectivity index (χ4v) is 4.62. The molecular formula is C11H20N4O2S. The summed E-state index contributed by atoms with van der Waals surface area (Å²) < 4.78 is 26.2. The van der Waals surface area contributed by atoms with Crippen molar-refractivity contribution in [1.29, 1.82) is 0 Å². The fourth-order valence-electron chi connectivity index (χ4n) is 2.57. The van der Waals surface area contributed by atoms with Crippen LogP contribution in [-0.2, 0) is 16.4 Å². The molecule has 0 aromatic carbocycles. The van der Waals surface area contributed by atoms with E-state index in [9.17, 15) is 8.42 Å². The molecule has 0 amide bonds. The van der Waals surface area contributed by atoms with Crippen molar-refractivity contribution in [3.05, 3.63) is 18.2 Å². The zero-order valence-corrected chi connectivity index (χ0v) is 11.4. The number of rotatable bonds is 4. The SMILES string of the molecule is CCn1ccnc1C(NN)C1CCCCS1(=O)=O. The van der Waals surface area contributed by atoms with Gasteiger partial charge in [-0.25, -0.2) is 18.8 Å². The molecular weight excluding hydrogens is 252 g/mol. The second kappa shape index (κ2) is 5.38. The van der Waals surface area contributed by atoms with Crippen LogP contribution in [0.25, 0.3) is 0 Å². The van der Waals surface area contributed by atoms with Crippen molar-refractivity contribution in [2.24, 2.45) is 5.84 Å². The molecule has 2 rings (SSSR count). The smallest absolute Gasteiger partial charge is 0.155 e. The maximum atomic E-state index is 12.1. The lowest BCUT2D eigenvalue weighted by Gasteiger charge is -2.29. The largest absolute Gasteiger partial charge is 0.334 e. The lowest BCUT2D eigenvalue weighted by molar-refractivity contribution is 0.427. The first-order chi connectivity index (χ1) is 8.60. The van der Waals surface area contributed by atoms with Crippen molar-refractivity contribution in [2.75, 3.05) is 5.75 Å². The van der Waals surface area contributed by atoms with Gasteiger partial charge < -0.3 is 4.57 Å². The first-order valence-corrected chi connectivity index (χ1v) is 8.00. The highest BCUT2D eigenvalue weighted by atomic mass is 32.2. The highest BCUT2D eigenvalue weighted by Crippen LogP contribution is 2.29. The van der Waals surface area contributed by atoms with Gasteiger partial charge >= 0.3 is 0 Å². The molecule has 1 saturated heterocycles. The van der Waals surface area contributed by atoms with E-state index in [1.807, 2.05) is 17.7 Å². The predicted molar refractivity (Wildman–Crippen MR) is 69.4 cm³/mol. The number of hydrazine groups is 1. The minimum absolute atomic E-state index is 0.253. The van der Waals surface area contributed by atoms with Gasteiger partial charge in [0.05, 0.1) is 17.0 Å². The van der Waals surface area contributed by atoms with E-state index in [2.05, 4.69) is 10.4 Å². The molecule has 1 aliphatic rings. The van der Waals surface area contributed by atoms with Crippen LogP contribution in [-0.4, -0.2) is 29.0 Å². The maximum absolute atomic E-state index is 12.1. The Kier molecular flexibility index (Phi) is 4.04. The van der Waals surface area contributed by atoms with E-state index in [0.717, 1.165) is 19.4 Å². The monoisotopic (exact) mass is 272 g/mol. The molecule has 6 nitrogen and oxygen atoms in total. The number of sulfone groups is 1. The Morgan fingerprint density at radius 1 is 1.61 bits per heavy atom. The number of aryl methyl sites for hydroxylation is 1. The van der Waals surface area contributed by atoms with Gasteiger partial charge in [-0.15, -0.1) is 0 Å². The summed E-state index contributed by atoms with van der Waals surface area (Å²) in [5, 5.41) is -0.469. The summed E-state index contributed by atoms with van der Waals surface area (Å²) in [5.41, 5.74) is 2.64. The summed E-state index contributed by atoms with van der Waals surface area (Å²) in [6, 6.07) is -0.426. The van der Waals surface area contributed by atoms with E-state index in [4.69, 9.17) is 5.84 Å². The van der Waals surface area contributed by atoms with Gasteiger partial charge in [-0.2, -0.15) is 0 Å². The Morgan fingerprint density at radius 2 is 2.39 bits per heavy atom. The zero-order valence-electron chi connectivity index (χ0n) is 10.5. The van der Waals surface area contributed by atoms with Crippen LogP contribution in [0.4, 0.5) is 0 Å². The molecule has 0 bridgehead atoms. The summed E-state index contributed by atoms with van der Waals surface area (Å²) in [6.45, 7) is 2.74. The van der Waals surface area contributed by atoms with E-state index in [1.165, 1.54) is 0 Å². The summed E-state index contributed by atoms with van der Waals surface area (Å²) in [7, 11) is -3.08. The quantitative estimate of drug-likeness (QED) is 0.610. The first-order valence-electron chi connectivity index (χ1n) is 6.29. The number of hydrogen-bond acceptors (Lipinski definition) is 5. The third-order valence-electron chi connectivity index (χ3n) is 3.55. The Hall–Kier alpha value is -0.920. The van der Waals surface area contributed by atoms with Gasteiger partial charge in [0.1, 0.15) is 5.82 Å². The molecule has 2 unspecified atom stereocenters. The normalized spacial score (nSPS) is 24.9. The van der Waals surface area contributed by atoms with Crippen molar-refractivity contribution in [1.82, 2.24) is 15.0 Å². The number of aromatic nitrogens is 2. The lowest BCUT2D eigenvalue weighted by atomic mass is 10.1. The van der Waals surface area contributed by atoms with Crippen LogP contribution in [0, 0.1) is 0 Å². The van der Waals surface area contributed by atoms with E-state index in [0.29, 0.717) is 12.2 Å². The molecule has 1 aromatic rings. The van der Waals surface area contributed by atoms with Crippen LogP contribution in [0.1, 0.15) is 38.1 Å². The van der Waals surface area contributed by atoms with E-state index < -0.39 is 21.1 Å². The van der Waals surface area contributed by atoms with Crippen molar-refractivity contribution in [2.45, 2.75) is 44.0 Å². The van der Waals surface area contributed by atoms with Crippen molar-refractivity contribution < 1.29 is 8.42 Å². The maximum Gasteiger partial charge on any atom is 0.155 e. The highest BCUT2D eigenvalue weighted by Gasteiger charge is 2.37. The molecule has 102 valence electrons. The minimum atomic E-state index is -3.08. The molecule has 0 saturated carbocycles. The molecule has 1 aliphatic heterocycles. The van der Waals surface area contributed by atoms with Gasteiger partial charge in [0.15, 0.2) is 9.84 Å². The van der Waals surface area contributed by atoms with E-state index in [1.54, 1.807) is 6.20 Å². The molecule has 2 atom stereocenters. The van der Waals surface area contributed by atoms with Crippen LogP contribution >= 0.6 is 0 Å². The number of nitrogens with two attached hydrogens (primary N) is 1. The van der Waals surface area contributed by atoms with Gasteiger partial charge in [-0.1, -0.05) is 6.42 Å². The van der Waals surface area contributed by atoms with Gasteiger partial charge in [0, 0.05) is 18.9 Å². The predicted octanol–water partition coefficient (Wildman–Crippen LogP) is 0.375. The first kappa shape index (κ1) is 13.5. The molecule has 18 heavy (non-hydrogen) atoms. The standard InChI is InChI=1S/C11H20N4O2S/c1-2-15-7-6-13-11(15)10(14-12)9-5-3-4-8-18(9,16)17/h6-7,9-10,14H,2-5,8,12H2,1H3. The van der Waals surface area contributed by atoms with Crippen molar-refractivity contribution >= 4 is 9.84 Å². The molecule has 0 radical (unpaired) electrons. The average molecular weight is 272 g/mol. The Morgan fingerprint density at radius 3 is 3.00 bits per heavy atom. The number of imidazole rings is 1. The topological polar surface area (TPSA) is 90.0 Å².